The van der Waals surface area contributed by atoms with E-state index in [1.165, 1.54) is 10.5 Å². The zero-order valence-electron chi connectivity index (χ0n) is 11.9. The zero-order valence-corrected chi connectivity index (χ0v) is 12.7. The van der Waals surface area contributed by atoms with E-state index in [0.29, 0.717) is 19.0 Å². The average Bonchev–Trinajstić information content (AvgIpc) is 2.52. The number of thioether (sulfide) groups is 1. The molecule has 0 bridgehead atoms. The average molecular weight is 302 g/mol. The fraction of sp³-hybridized carbons (Fsp3) is 0.333. The summed E-state index contributed by atoms with van der Waals surface area (Å²) in [6, 6.07) is 8.43. The molecule has 1 aliphatic rings. The molecular weight excluding hydrogens is 284 g/mol. The predicted molar refractivity (Wildman–Crippen MR) is 83.9 cm³/mol. The van der Waals surface area contributed by atoms with Crippen LogP contribution in [0.15, 0.2) is 29.2 Å². The molecule has 6 heteroatoms. The van der Waals surface area contributed by atoms with Crippen LogP contribution in [0.4, 0.5) is 5.82 Å². The van der Waals surface area contributed by atoms with E-state index in [9.17, 15) is 0 Å². The van der Waals surface area contributed by atoms with E-state index in [0.717, 1.165) is 29.3 Å². The highest BCUT2D eigenvalue weighted by Crippen LogP contribution is 2.26. The van der Waals surface area contributed by atoms with Crippen LogP contribution in [-0.2, 0) is 23.5 Å². The van der Waals surface area contributed by atoms with E-state index < -0.39 is 0 Å². The van der Waals surface area contributed by atoms with Gasteiger partial charge in [-0.05, 0) is 19.1 Å². The maximum Gasteiger partial charge on any atom is 0.149 e. The molecule has 3 N–H and O–H groups in total. The van der Waals surface area contributed by atoms with Crippen molar-refractivity contribution < 1.29 is 4.74 Å². The van der Waals surface area contributed by atoms with Gasteiger partial charge in [-0.25, -0.2) is 15.8 Å². The number of anilines is 1. The Morgan fingerprint density at radius 1 is 1.38 bits per heavy atom. The molecule has 5 nitrogen and oxygen atoms in total. The molecule has 0 fully saturated rings. The first-order valence-corrected chi connectivity index (χ1v) is 7.87. The van der Waals surface area contributed by atoms with Crippen molar-refractivity contribution in [3.05, 3.63) is 46.9 Å². The summed E-state index contributed by atoms with van der Waals surface area (Å²) in [5.41, 5.74) is 5.94. The molecule has 0 saturated heterocycles. The van der Waals surface area contributed by atoms with Crippen LogP contribution in [0.1, 0.15) is 22.6 Å². The van der Waals surface area contributed by atoms with Crippen molar-refractivity contribution in [2.24, 2.45) is 5.84 Å². The second kappa shape index (κ2) is 6.43. The lowest BCUT2D eigenvalue weighted by Crippen LogP contribution is -2.20. The minimum atomic E-state index is 0.528. The van der Waals surface area contributed by atoms with E-state index in [1.807, 2.05) is 0 Å². The summed E-state index contributed by atoms with van der Waals surface area (Å²) in [4.78, 5) is 10.4. The molecule has 0 saturated carbocycles. The molecule has 1 aromatic carbocycles. The molecule has 1 aliphatic heterocycles. The maximum atomic E-state index is 5.57. The number of nitrogens with two attached hydrogens (primary N) is 1. The molecule has 0 atom stereocenters. The number of ether oxygens (including phenoxy) is 1. The van der Waals surface area contributed by atoms with E-state index in [4.69, 9.17) is 10.6 Å². The second-order valence-electron chi connectivity index (χ2n) is 4.97. The SMILES string of the molecule is Cc1cccc(SCc2nc3c(c(NN)n2)COCC3)c1. The first-order chi connectivity index (χ1) is 10.3. The monoisotopic (exact) mass is 302 g/mol. The van der Waals surface area contributed by atoms with Gasteiger partial charge < -0.3 is 10.2 Å². The molecule has 0 spiro atoms. The maximum absolute atomic E-state index is 5.57. The number of nitrogen functional groups attached to an aromatic ring is 1. The molecule has 2 heterocycles. The van der Waals surface area contributed by atoms with Gasteiger partial charge in [-0.3, -0.25) is 0 Å². The lowest BCUT2D eigenvalue weighted by atomic mass is 10.1. The predicted octanol–water partition coefficient (Wildman–Crippen LogP) is 2.44. The standard InChI is InChI=1S/C15H18N4OS/c1-10-3-2-4-11(7-10)21-9-14-17-13-5-6-20-8-12(13)15(18-14)19-16/h2-4,7H,5-6,8-9,16H2,1H3,(H,17,18,19). The van der Waals surface area contributed by atoms with Gasteiger partial charge in [0.05, 0.1) is 24.7 Å². The van der Waals surface area contributed by atoms with Gasteiger partial charge >= 0.3 is 0 Å². The van der Waals surface area contributed by atoms with Gasteiger partial charge in [0, 0.05) is 16.9 Å². The van der Waals surface area contributed by atoms with E-state index in [-0.39, 0.29) is 0 Å². The number of hydrazine groups is 1. The Labute approximate surface area is 128 Å². The molecule has 21 heavy (non-hydrogen) atoms. The van der Waals surface area contributed by atoms with E-state index >= 15 is 0 Å². The Morgan fingerprint density at radius 2 is 2.29 bits per heavy atom. The summed E-state index contributed by atoms with van der Waals surface area (Å²) in [6.07, 6.45) is 0.814. The van der Waals surface area contributed by atoms with Crippen molar-refractivity contribution in [3.8, 4) is 0 Å². The van der Waals surface area contributed by atoms with Crippen LogP contribution >= 0.6 is 11.8 Å². The molecule has 2 aromatic rings. The van der Waals surface area contributed by atoms with Crippen LogP contribution in [-0.4, -0.2) is 16.6 Å². The highest BCUT2D eigenvalue weighted by atomic mass is 32.2. The summed E-state index contributed by atoms with van der Waals surface area (Å²) in [6.45, 7) is 3.33. The summed E-state index contributed by atoms with van der Waals surface area (Å²) >= 11 is 1.73. The van der Waals surface area contributed by atoms with Crippen LogP contribution in [0.3, 0.4) is 0 Å². The molecular formula is C15H18N4OS. The summed E-state index contributed by atoms with van der Waals surface area (Å²) < 4.78 is 5.44. The zero-order chi connectivity index (χ0) is 14.7. The molecule has 0 unspecified atom stereocenters. The number of hydrogen-bond acceptors (Lipinski definition) is 6. The minimum absolute atomic E-state index is 0.528. The normalized spacial score (nSPS) is 13.8. The number of fused-ring (bicyclic) bond motifs is 1. The fourth-order valence-electron chi connectivity index (χ4n) is 2.32. The van der Waals surface area contributed by atoms with E-state index in [2.05, 4.69) is 46.6 Å². The smallest absolute Gasteiger partial charge is 0.149 e. The lowest BCUT2D eigenvalue weighted by Gasteiger charge is -2.19. The van der Waals surface area contributed by atoms with Crippen molar-refractivity contribution in [1.29, 1.82) is 0 Å². The first-order valence-electron chi connectivity index (χ1n) is 6.89. The topological polar surface area (TPSA) is 73.1 Å². The molecule has 110 valence electrons. The van der Waals surface area contributed by atoms with Gasteiger partial charge in [0.15, 0.2) is 0 Å². The number of aromatic nitrogens is 2. The number of nitrogens with one attached hydrogen (secondary N) is 1. The van der Waals surface area contributed by atoms with Crippen molar-refractivity contribution in [1.82, 2.24) is 9.97 Å². The molecule has 3 rings (SSSR count). The van der Waals surface area contributed by atoms with Crippen LogP contribution in [0.25, 0.3) is 0 Å². The first kappa shape index (κ1) is 14.3. The van der Waals surface area contributed by atoms with Gasteiger partial charge in [0.2, 0.25) is 0 Å². The second-order valence-corrected chi connectivity index (χ2v) is 6.01. The Balaban J connectivity index is 1.79. The van der Waals surface area contributed by atoms with Gasteiger partial charge in [-0.1, -0.05) is 17.7 Å². The van der Waals surface area contributed by atoms with Crippen LogP contribution in [0.2, 0.25) is 0 Å². The van der Waals surface area contributed by atoms with Gasteiger partial charge in [0.1, 0.15) is 11.6 Å². The van der Waals surface area contributed by atoms with Crippen LogP contribution in [0.5, 0.6) is 0 Å². The lowest BCUT2D eigenvalue weighted by molar-refractivity contribution is 0.109. The highest BCUT2D eigenvalue weighted by Gasteiger charge is 2.17. The van der Waals surface area contributed by atoms with Gasteiger partial charge in [-0.2, -0.15) is 0 Å². The van der Waals surface area contributed by atoms with Crippen LogP contribution in [0, 0.1) is 6.92 Å². The van der Waals surface area contributed by atoms with Crippen molar-refractivity contribution in [2.45, 2.75) is 30.6 Å². The third kappa shape index (κ3) is 3.34. The highest BCUT2D eigenvalue weighted by molar-refractivity contribution is 7.98. The van der Waals surface area contributed by atoms with Crippen molar-refractivity contribution in [2.75, 3.05) is 12.0 Å². The number of nitrogens with zero attached hydrogens (tertiary/aromatic N) is 2. The molecule has 0 radical (unpaired) electrons. The Hall–Kier alpha value is -1.63. The number of rotatable bonds is 4. The van der Waals surface area contributed by atoms with Gasteiger partial charge in [-0.15, -0.1) is 11.8 Å². The van der Waals surface area contributed by atoms with Crippen LogP contribution < -0.4 is 11.3 Å². The quantitative estimate of drug-likeness (QED) is 0.513. The molecule has 1 aromatic heterocycles. The summed E-state index contributed by atoms with van der Waals surface area (Å²) in [7, 11) is 0. The minimum Gasteiger partial charge on any atom is -0.376 e. The Kier molecular flexibility index (Phi) is 4.38. The Morgan fingerprint density at radius 3 is 3.10 bits per heavy atom. The van der Waals surface area contributed by atoms with Crippen molar-refractivity contribution >= 4 is 17.6 Å². The summed E-state index contributed by atoms with van der Waals surface area (Å²) in [5.74, 6) is 7.78. The summed E-state index contributed by atoms with van der Waals surface area (Å²) in [5, 5.41) is 0. The number of benzene rings is 1. The largest absolute Gasteiger partial charge is 0.376 e. The number of aryl methyl sites for hydroxylation is 1. The third-order valence-electron chi connectivity index (χ3n) is 3.36. The fourth-order valence-corrected chi connectivity index (χ4v) is 3.19. The third-order valence-corrected chi connectivity index (χ3v) is 4.35. The number of hydrogen-bond donors (Lipinski definition) is 2. The molecule has 0 amide bonds. The van der Waals surface area contributed by atoms with Gasteiger partial charge in [0.25, 0.3) is 0 Å². The Bertz CT molecular complexity index is 630. The molecule has 0 aliphatic carbocycles. The van der Waals surface area contributed by atoms with E-state index in [1.54, 1.807) is 11.8 Å². The van der Waals surface area contributed by atoms with Crippen molar-refractivity contribution in [3.63, 3.8) is 0 Å².